The number of thioether (sulfide) groups is 1. The zero-order valence-electron chi connectivity index (χ0n) is 12.7. The summed E-state index contributed by atoms with van der Waals surface area (Å²) in [6.07, 6.45) is -0.271. The summed E-state index contributed by atoms with van der Waals surface area (Å²) in [4.78, 5) is 46.7. The number of nitrogens with one attached hydrogen (secondary N) is 1. The van der Waals surface area contributed by atoms with Crippen LogP contribution in [-0.4, -0.2) is 42.7 Å². The number of rotatable bonds is 8. The highest BCUT2D eigenvalue weighted by Gasteiger charge is 2.12. The lowest BCUT2D eigenvalue weighted by molar-refractivity contribution is -0.384. The summed E-state index contributed by atoms with van der Waals surface area (Å²) in [6.45, 7) is 0. The lowest BCUT2D eigenvalue weighted by Gasteiger charge is -2.02. The average molecular weight is 364 g/mol. The molecule has 0 saturated heterocycles. The van der Waals surface area contributed by atoms with Crippen LogP contribution in [0.15, 0.2) is 34.2 Å². The van der Waals surface area contributed by atoms with Crippen molar-refractivity contribution in [2.45, 2.75) is 18.0 Å². The molecule has 0 atom stereocenters. The summed E-state index contributed by atoms with van der Waals surface area (Å²) in [5.74, 6) is -1.39. The monoisotopic (exact) mass is 364 g/mol. The van der Waals surface area contributed by atoms with Gasteiger partial charge in [-0.1, -0.05) is 11.8 Å². The Bertz CT molecular complexity index is 864. The van der Waals surface area contributed by atoms with E-state index in [1.54, 1.807) is 0 Å². The number of hydrogen-bond acceptors (Lipinski definition) is 8. The Labute approximate surface area is 144 Å². The maximum atomic E-state index is 12.0. The Morgan fingerprint density at radius 1 is 1.24 bits per heavy atom. The number of nitro groups is 1. The Balaban J connectivity index is 1.97. The van der Waals surface area contributed by atoms with Crippen molar-refractivity contribution in [1.82, 2.24) is 15.2 Å². The van der Waals surface area contributed by atoms with E-state index in [1.807, 2.05) is 0 Å². The molecular weight excluding hydrogens is 352 g/mol. The molecule has 0 aliphatic heterocycles. The first-order chi connectivity index (χ1) is 11.9. The van der Waals surface area contributed by atoms with Crippen molar-refractivity contribution in [3.8, 4) is 0 Å². The molecule has 0 fully saturated rings. The van der Waals surface area contributed by atoms with Gasteiger partial charge in [0.25, 0.3) is 11.2 Å². The molecule has 10 nitrogen and oxygen atoms in total. The van der Waals surface area contributed by atoms with Crippen LogP contribution in [0.1, 0.15) is 22.5 Å². The molecule has 0 bridgehead atoms. The van der Waals surface area contributed by atoms with E-state index in [-0.39, 0.29) is 40.9 Å². The molecule has 0 unspecified atom stereocenters. The second kappa shape index (κ2) is 8.15. The maximum absolute atomic E-state index is 12.0. The number of carbonyl (C=O) groups is 2. The molecule has 0 radical (unpaired) electrons. The number of aromatic nitrogens is 3. The Hall–Kier alpha value is -3.08. The van der Waals surface area contributed by atoms with Crippen molar-refractivity contribution in [3.63, 3.8) is 0 Å². The number of nitrogens with zero attached hydrogens (tertiary/aromatic N) is 3. The van der Waals surface area contributed by atoms with Gasteiger partial charge < -0.3 is 5.11 Å². The summed E-state index contributed by atoms with van der Waals surface area (Å²) in [6, 6.07) is 5.17. The number of ketones is 1. The minimum atomic E-state index is -1.05. The number of non-ortho nitro benzene ring substituents is 1. The number of aryl methyl sites for hydroxylation is 1. The Morgan fingerprint density at radius 3 is 2.48 bits per heavy atom. The van der Waals surface area contributed by atoms with Gasteiger partial charge in [-0.25, -0.2) is 0 Å². The van der Waals surface area contributed by atoms with Crippen LogP contribution in [-0.2, 0) is 11.2 Å². The normalized spacial score (nSPS) is 10.4. The second-order valence-corrected chi connectivity index (χ2v) is 5.78. The standard InChI is InChI=1S/C14H12N4O6S/c19-11(8-1-3-9(4-2-8)18(23)24)7-25-14-15-13(22)10(16-17-14)5-6-12(20)21/h1-4H,5-7H2,(H,20,21)(H,15,17,22). The number of carboxylic acids is 1. The van der Waals surface area contributed by atoms with E-state index in [9.17, 15) is 24.5 Å². The van der Waals surface area contributed by atoms with Gasteiger partial charge in [0, 0.05) is 24.1 Å². The summed E-state index contributed by atoms with van der Waals surface area (Å²) in [5, 5.41) is 26.7. The van der Waals surface area contributed by atoms with Gasteiger partial charge in [-0.3, -0.25) is 29.5 Å². The van der Waals surface area contributed by atoms with E-state index in [1.165, 1.54) is 24.3 Å². The van der Waals surface area contributed by atoms with Crippen molar-refractivity contribution >= 4 is 29.2 Å². The summed E-state index contributed by atoms with van der Waals surface area (Å²) >= 11 is 0.952. The van der Waals surface area contributed by atoms with E-state index in [0.29, 0.717) is 5.56 Å². The molecule has 1 aromatic carbocycles. The predicted octanol–water partition coefficient (Wildman–Crippen LogP) is 1.07. The summed E-state index contributed by atoms with van der Waals surface area (Å²) < 4.78 is 0. The zero-order chi connectivity index (χ0) is 18.4. The van der Waals surface area contributed by atoms with Crippen LogP contribution in [0.3, 0.4) is 0 Å². The highest BCUT2D eigenvalue weighted by Crippen LogP contribution is 2.16. The first-order valence-corrected chi connectivity index (χ1v) is 7.93. The molecule has 0 aliphatic rings. The molecule has 2 N–H and O–H groups in total. The predicted molar refractivity (Wildman–Crippen MR) is 86.8 cm³/mol. The lowest BCUT2D eigenvalue weighted by Crippen LogP contribution is -2.19. The fourth-order valence-corrected chi connectivity index (χ4v) is 2.48. The van der Waals surface area contributed by atoms with E-state index in [2.05, 4.69) is 15.2 Å². The highest BCUT2D eigenvalue weighted by atomic mass is 32.2. The summed E-state index contributed by atoms with van der Waals surface area (Å²) in [7, 11) is 0. The fraction of sp³-hybridized carbons (Fsp3) is 0.214. The average Bonchev–Trinajstić information content (AvgIpc) is 2.58. The molecular formula is C14H12N4O6S. The fourth-order valence-electron chi connectivity index (χ4n) is 1.79. The number of benzene rings is 1. The highest BCUT2D eigenvalue weighted by molar-refractivity contribution is 7.99. The number of carboxylic acid groups (broad SMARTS) is 1. The van der Waals surface area contributed by atoms with Crippen LogP contribution < -0.4 is 5.56 Å². The van der Waals surface area contributed by atoms with Gasteiger partial charge in [-0.2, -0.15) is 0 Å². The van der Waals surface area contributed by atoms with Crippen molar-refractivity contribution in [2.24, 2.45) is 0 Å². The Kier molecular flexibility index (Phi) is 5.95. The smallest absolute Gasteiger partial charge is 0.303 e. The van der Waals surface area contributed by atoms with E-state index in [0.717, 1.165) is 11.8 Å². The molecule has 1 aromatic heterocycles. The van der Waals surface area contributed by atoms with Gasteiger partial charge in [-0.15, -0.1) is 10.2 Å². The van der Waals surface area contributed by atoms with Gasteiger partial charge in [0.15, 0.2) is 10.9 Å². The third-order valence-corrected chi connectivity index (χ3v) is 3.92. The Morgan fingerprint density at radius 2 is 1.92 bits per heavy atom. The zero-order valence-corrected chi connectivity index (χ0v) is 13.5. The summed E-state index contributed by atoms with van der Waals surface area (Å²) in [5.41, 5.74) is -0.363. The molecule has 1 heterocycles. The van der Waals surface area contributed by atoms with Crippen molar-refractivity contribution in [1.29, 1.82) is 0 Å². The van der Waals surface area contributed by atoms with Crippen LogP contribution in [0.2, 0.25) is 0 Å². The molecule has 0 spiro atoms. The quantitative estimate of drug-likeness (QED) is 0.302. The lowest BCUT2D eigenvalue weighted by atomic mass is 10.1. The maximum Gasteiger partial charge on any atom is 0.303 e. The number of nitro benzene ring substituents is 1. The minimum absolute atomic E-state index is 0.00782. The van der Waals surface area contributed by atoms with E-state index in [4.69, 9.17) is 5.11 Å². The molecule has 0 aliphatic carbocycles. The van der Waals surface area contributed by atoms with Crippen molar-refractivity contribution in [3.05, 3.63) is 56.0 Å². The SMILES string of the molecule is O=C(O)CCc1nnc(SCC(=O)c2ccc([N+](=O)[O-])cc2)[nH]c1=O. The van der Waals surface area contributed by atoms with Gasteiger partial charge >= 0.3 is 5.97 Å². The largest absolute Gasteiger partial charge is 0.481 e. The van der Waals surface area contributed by atoms with Crippen molar-refractivity contribution in [2.75, 3.05) is 5.75 Å². The van der Waals surface area contributed by atoms with Crippen LogP contribution in [0.25, 0.3) is 0 Å². The molecule has 0 amide bonds. The number of Topliss-reactive ketones (excluding diaryl/α,β-unsaturated/α-hetero) is 1. The van der Waals surface area contributed by atoms with Crippen LogP contribution in [0.5, 0.6) is 0 Å². The van der Waals surface area contributed by atoms with Gasteiger partial charge in [-0.05, 0) is 12.1 Å². The minimum Gasteiger partial charge on any atom is -0.481 e. The molecule has 25 heavy (non-hydrogen) atoms. The third kappa shape index (κ3) is 5.21. The number of hydrogen-bond donors (Lipinski definition) is 2. The van der Waals surface area contributed by atoms with Crippen LogP contribution in [0.4, 0.5) is 5.69 Å². The van der Waals surface area contributed by atoms with E-state index < -0.39 is 16.5 Å². The van der Waals surface area contributed by atoms with Gasteiger partial charge in [0.2, 0.25) is 0 Å². The molecule has 2 aromatic rings. The van der Waals surface area contributed by atoms with E-state index >= 15 is 0 Å². The van der Waals surface area contributed by atoms with Crippen LogP contribution >= 0.6 is 11.8 Å². The first-order valence-electron chi connectivity index (χ1n) is 6.95. The second-order valence-electron chi connectivity index (χ2n) is 4.82. The molecule has 0 saturated carbocycles. The molecule has 130 valence electrons. The van der Waals surface area contributed by atoms with Gasteiger partial charge in [0.1, 0.15) is 5.69 Å². The van der Waals surface area contributed by atoms with Crippen molar-refractivity contribution < 1.29 is 19.6 Å². The number of aromatic amines is 1. The topological polar surface area (TPSA) is 156 Å². The number of H-pyrrole nitrogens is 1. The van der Waals surface area contributed by atoms with Gasteiger partial charge in [0.05, 0.1) is 17.1 Å². The molecule has 11 heteroatoms. The third-order valence-electron chi connectivity index (χ3n) is 3.06. The molecule has 2 rings (SSSR count). The first kappa shape index (κ1) is 18.3. The number of aliphatic carboxylic acids is 1. The number of carbonyl (C=O) groups excluding carboxylic acids is 1. The van der Waals surface area contributed by atoms with Crippen LogP contribution in [0, 0.1) is 10.1 Å².